The lowest BCUT2D eigenvalue weighted by Crippen LogP contribution is -2.66. The summed E-state index contributed by atoms with van der Waals surface area (Å²) in [6.45, 7) is 1.95. The summed E-state index contributed by atoms with van der Waals surface area (Å²) >= 11 is 0. The molecule has 0 bridgehead atoms. The van der Waals surface area contributed by atoms with Crippen LogP contribution >= 0.6 is 0 Å². The molecule has 1 aliphatic carbocycles. The molecule has 2 aromatic rings. The van der Waals surface area contributed by atoms with E-state index in [0.717, 1.165) is 4.90 Å². The highest BCUT2D eigenvalue weighted by atomic mass is 16.6. The standard InChI is InChI=1S/C24H23NO7/c1-3-4-13-25-21(27)19(26)18-20(14-9-11-15(31-2)12-10-14)32-24(30)17-8-6-5-7-16(17)23(28,29)22(18,24)25/h5-12,28-30H,3-4,13H2,1-2H3/t22-,24-/m1/s1. The van der Waals surface area contributed by atoms with E-state index in [0.29, 0.717) is 24.2 Å². The average Bonchev–Trinajstić information content (AvgIpc) is 3.27. The highest BCUT2D eigenvalue weighted by molar-refractivity contribution is 6.48. The van der Waals surface area contributed by atoms with E-state index in [9.17, 15) is 24.9 Å². The maximum absolute atomic E-state index is 13.3. The number of Topliss-reactive ketones (excluding diaryl/α,β-unsaturated/α-hetero) is 1. The zero-order chi connectivity index (χ0) is 22.9. The number of amides is 1. The Bertz CT molecular complexity index is 1170. The third-order valence-corrected chi connectivity index (χ3v) is 6.66. The topological polar surface area (TPSA) is 117 Å². The Morgan fingerprint density at radius 3 is 2.28 bits per heavy atom. The van der Waals surface area contributed by atoms with Crippen molar-refractivity contribution in [2.24, 2.45) is 0 Å². The van der Waals surface area contributed by atoms with Crippen LogP contribution in [0.25, 0.3) is 5.76 Å². The fraction of sp³-hybridized carbons (Fsp3) is 0.333. The first-order valence-electron chi connectivity index (χ1n) is 10.5. The van der Waals surface area contributed by atoms with Gasteiger partial charge in [-0.3, -0.25) is 9.59 Å². The lowest BCUT2D eigenvalue weighted by Gasteiger charge is -2.45. The zero-order valence-corrected chi connectivity index (χ0v) is 17.7. The SMILES string of the molecule is CCCCN1C(=O)C(=O)C2=C(c3ccc(OC)cc3)O[C@]3(O)c4ccccc4C(O)(O)[C@@]213. The molecule has 2 aliphatic heterocycles. The number of rotatable bonds is 5. The second-order valence-corrected chi connectivity index (χ2v) is 8.25. The lowest BCUT2D eigenvalue weighted by atomic mass is 9.78. The van der Waals surface area contributed by atoms with Crippen LogP contribution in [-0.4, -0.2) is 51.1 Å². The van der Waals surface area contributed by atoms with Crippen molar-refractivity contribution in [2.75, 3.05) is 13.7 Å². The minimum Gasteiger partial charge on any atom is -0.497 e. The maximum atomic E-state index is 13.3. The number of hydrogen-bond acceptors (Lipinski definition) is 7. The van der Waals surface area contributed by atoms with Gasteiger partial charge in [0.1, 0.15) is 11.5 Å². The molecule has 1 spiro atoms. The average molecular weight is 437 g/mol. The highest BCUT2D eigenvalue weighted by Crippen LogP contribution is 2.67. The first-order valence-corrected chi connectivity index (χ1v) is 10.5. The van der Waals surface area contributed by atoms with Crippen molar-refractivity contribution in [3.8, 4) is 5.75 Å². The summed E-state index contributed by atoms with van der Waals surface area (Å²) in [6.07, 6.45) is 1.18. The molecule has 3 aliphatic rings. The van der Waals surface area contributed by atoms with Crippen LogP contribution in [0.4, 0.5) is 0 Å². The van der Waals surface area contributed by atoms with Gasteiger partial charge in [-0.05, 0) is 30.7 Å². The van der Waals surface area contributed by atoms with Crippen LogP contribution < -0.4 is 4.74 Å². The van der Waals surface area contributed by atoms with Crippen LogP contribution in [0.2, 0.25) is 0 Å². The largest absolute Gasteiger partial charge is 0.497 e. The Balaban J connectivity index is 1.83. The van der Waals surface area contributed by atoms with Crippen molar-refractivity contribution in [3.05, 3.63) is 70.8 Å². The number of carbonyl (C=O) groups excluding carboxylic acids is 2. The van der Waals surface area contributed by atoms with Gasteiger partial charge in [0.15, 0.2) is 0 Å². The zero-order valence-electron chi connectivity index (χ0n) is 17.7. The number of likely N-dealkylation sites (tertiary alicyclic amines) is 1. The van der Waals surface area contributed by atoms with Gasteiger partial charge in [0, 0.05) is 23.2 Å². The first-order chi connectivity index (χ1) is 15.3. The van der Waals surface area contributed by atoms with Crippen LogP contribution in [0, 0.1) is 0 Å². The molecule has 0 unspecified atom stereocenters. The summed E-state index contributed by atoms with van der Waals surface area (Å²) in [7, 11) is 1.51. The van der Waals surface area contributed by atoms with E-state index in [1.165, 1.54) is 19.2 Å². The van der Waals surface area contributed by atoms with Crippen LogP contribution in [0.5, 0.6) is 5.75 Å². The van der Waals surface area contributed by atoms with Gasteiger partial charge in [0.2, 0.25) is 11.3 Å². The van der Waals surface area contributed by atoms with Crippen molar-refractivity contribution in [2.45, 2.75) is 36.9 Å². The van der Waals surface area contributed by atoms with Gasteiger partial charge >= 0.3 is 0 Å². The number of fused-ring (bicyclic) bond motifs is 2. The van der Waals surface area contributed by atoms with Crippen LogP contribution in [0.3, 0.4) is 0 Å². The molecule has 1 amide bonds. The van der Waals surface area contributed by atoms with Gasteiger partial charge in [-0.1, -0.05) is 37.6 Å². The summed E-state index contributed by atoms with van der Waals surface area (Å²) < 4.78 is 11.2. The van der Waals surface area contributed by atoms with E-state index < -0.39 is 28.8 Å². The number of aliphatic hydroxyl groups is 3. The van der Waals surface area contributed by atoms with Gasteiger partial charge < -0.3 is 29.7 Å². The number of ether oxygens (including phenoxy) is 2. The molecule has 32 heavy (non-hydrogen) atoms. The van der Waals surface area contributed by atoms with E-state index >= 15 is 0 Å². The number of unbranched alkanes of at least 4 members (excludes halogenated alkanes) is 1. The van der Waals surface area contributed by atoms with E-state index in [-0.39, 0.29) is 29.0 Å². The summed E-state index contributed by atoms with van der Waals surface area (Å²) in [5.41, 5.74) is -2.02. The van der Waals surface area contributed by atoms with Crippen molar-refractivity contribution < 1.29 is 34.4 Å². The normalized spacial score (nSPS) is 27.3. The smallest absolute Gasteiger partial charge is 0.296 e. The lowest BCUT2D eigenvalue weighted by molar-refractivity contribution is -0.312. The minimum atomic E-state index is -2.77. The number of hydrogen-bond donors (Lipinski definition) is 3. The van der Waals surface area contributed by atoms with E-state index in [1.807, 2.05) is 6.92 Å². The summed E-state index contributed by atoms with van der Waals surface area (Å²) in [6, 6.07) is 12.7. The quantitative estimate of drug-likeness (QED) is 0.478. The predicted molar refractivity (Wildman–Crippen MR) is 112 cm³/mol. The molecule has 2 heterocycles. The number of benzene rings is 2. The molecule has 8 heteroatoms. The molecule has 8 nitrogen and oxygen atoms in total. The molecular formula is C24H23NO7. The summed E-state index contributed by atoms with van der Waals surface area (Å²) in [5, 5.41) is 35.0. The van der Waals surface area contributed by atoms with E-state index in [4.69, 9.17) is 9.47 Å². The van der Waals surface area contributed by atoms with Gasteiger partial charge in [0.25, 0.3) is 17.5 Å². The number of carbonyl (C=O) groups is 2. The molecule has 5 rings (SSSR count). The summed E-state index contributed by atoms with van der Waals surface area (Å²) in [4.78, 5) is 27.5. The molecule has 2 aromatic carbocycles. The molecule has 1 fully saturated rings. The van der Waals surface area contributed by atoms with Crippen molar-refractivity contribution in [3.63, 3.8) is 0 Å². The van der Waals surface area contributed by atoms with Gasteiger partial charge in [0.05, 0.1) is 12.7 Å². The second kappa shape index (κ2) is 6.65. The van der Waals surface area contributed by atoms with Crippen molar-refractivity contribution in [1.29, 1.82) is 0 Å². The molecule has 0 aromatic heterocycles. The van der Waals surface area contributed by atoms with E-state index in [1.54, 1.807) is 36.4 Å². The number of nitrogens with zero attached hydrogens (tertiary/aromatic N) is 1. The number of methoxy groups -OCH3 is 1. The minimum absolute atomic E-state index is 0.0159. The molecule has 3 N–H and O–H groups in total. The van der Waals surface area contributed by atoms with Gasteiger partial charge in [-0.25, -0.2) is 0 Å². The van der Waals surface area contributed by atoms with Gasteiger partial charge in [-0.2, -0.15) is 0 Å². The van der Waals surface area contributed by atoms with Crippen LogP contribution in [0.1, 0.15) is 36.5 Å². The molecule has 166 valence electrons. The third-order valence-electron chi connectivity index (χ3n) is 6.66. The molecular weight excluding hydrogens is 414 g/mol. The third kappa shape index (κ3) is 2.16. The Morgan fingerprint density at radius 1 is 1.00 bits per heavy atom. The maximum Gasteiger partial charge on any atom is 0.296 e. The van der Waals surface area contributed by atoms with E-state index in [2.05, 4.69) is 0 Å². The Kier molecular flexibility index (Phi) is 4.30. The number of ketones is 1. The predicted octanol–water partition coefficient (Wildman–Crippen LogP) is 1.38. The van der Waals surface area contributed by atoms with Crippen LogP contribution in [0.15, 0.2) is 54.1 Å². The molecule has 1 saturated heterocycles. The molecule has 0 radical (unpaired) electrons. The fourth-order valence-corrected chi connectivity index (χ4v) is 5.23. The first kappa shape index (κ1) is 20.7. The highest BCUT2D eigenvalue weighted by Gasteiger charge is 2.84. The molecule has 2 atom stereocenters. The van der Waals surface area contributed by atoms with Crippen LogP contribution in [-0.2, 0) is 25.9 Å². The Morgan fingerprint density at radius 2 is 1.66 bits per heavy atom. The second-order valence-electron chi connectivity index (χ2n) is 8.25. The van der Waals surface area contributed by atoms with Crippen molar-refractivity contribution in [1.82, 2.24) is 4.90 Å². The van der Waals surface area contributed by atoms with Gasteiger partial charge in [-0.15, -0.1) is 0 Å². The Labute approximate surface area is 184 Å². The monoisotopic (exact) mass is 437 g/mol. The Hall–Kier alpha value is -3.20. The van der Waals surface area contributed by atoms with Crippen molar-refractivity contribution >= 4 is 17.4 Å². The molecule has 0 saturated carbocycles. The fourth-order valence-electron chi connectivity index (χ4n) is 5.23. The summed E-state index contributed by atoms with van der Waals surface area (Å²) in [5.74, 6) is -6.46.